The highest BCUT2D eigenvalue weighted by molar-refractivity contribution is 6.09. The third-order valence-corrected chi connectivity index (χ3v) is 6.02. The predicted molar refractivity (Wildman–Crippen MR) is 117 cm³/mol. The van der Waals surface area contributed by atoms with Gasteiger partial charge in [0, 0.05) is 37.5 Å². The average Bonchev–Trinajstić information content (AvgIpc) is 3.01. The van der Waals surface area contributed by atoms with Gasteiger partial charge in [0.15, 0.2) is 5.82 Å². The van der Waals surface area contributed by atoms with Gasteiger partial charge in [-0.15, -0.1) is 0 Å². The molecule has 0 saturated carbocycles. The van der Waals surface area contributed by atoms with E-state index >= 15 is 8.78 Å². The smallest absolute Gasteiger partial charge is 0.408 e. The molecule has 0 bridgehead atoms. The number of nitrogens with one attached hydrogen (secondary N) is 1. The zero-order chi connectivity index (χ0) is 24.3. The number of halogens is 2. The fourth-order valence-corrected chi connectivity index (χ4v) is 4.66. The highest BCUT2D eigenvalue weighted by atomic mass is 19.3. The first-order valence-corrected chi connectivity index (χ1v) is 10.5. The van der Waals surface area contributed by atoms with Gasteiger partial charge >= 0.3 is 12.1 Å². The molecular weight excluding hydrogens is 436 g/mol. The van der Waals surface area contributed by atoms with Crippen LogP contribution in [-0.2, 0) is 11.8 Å². The van der Waals surface area contributed by atoms with E-state index in [-0.39, 0.29) is 36.6 Å². The molecule has 176 valence electrons. The first-order valence-electron chi connectivity index (χ1n) is 10.5. The second kappa shape index (κ2) is 7.53. The van der Waals surface area contributed by atoms with Gasteiger partial charge in [-0.3, -0.25) is 24.6 Å². The van der Waals surface area contributed by atoms with Crippen molar-refractivity contribution in [3.8, 4) is 0 Å². The maximum atomic E-state index is 15.7. The number of amides is 4. The summed E-state index contributed by atoms with van der Waals surface area (Å²) in [5.41, 5.74) is -0.480. The number of carboxylic acid groups (broad SMARTS) is 1. The van der Waals surface area contributed by atoms with Gasteiger partial charge in [0.25, 0.3) is 5.92 Å². The van der Waals surface area contributed by atoms with Crippen LogP contribution >= 0.6 is 0 Å². The van der Waals surface area contributed by atoms with Crippen molar-refractivity contribution in [2.45, 2.75) is 39.2 Å². The number of hydrogen-bond donors (Lipinski definition) is 2. The summed E-state index contributed by atoms with van der Waals surface area (Å²) in [6, 6.07) is 2.57. The Labute approximate surface area is 188 Å². The molecule has 1 atom stereocenters. The minimum Gasteiger partial charge on any atom is -0.465 e. The molecule has 1 unspecified atom stereocenters. The summed E-state index contributed by atoms with van der Waals surface area (Å²) in [6.45, 7) is 4.79. The molecule has 1 aromatic heterocycles. The number of hydrogen-bond acceptors (Lipinski definition) is 4. The lowest BCUT2D eigenvalue weighted by Gasteiger charge is -2.46. The number of benzene rings is 1. The number of aromatic nitrogens is 2. The summed E-state index contributed by atoms with van der Waals surface area (Å²) in [4.78, 5) is 37.5. The fraction of sp³-hybridized carbons (Fsp3) is 0.455. The van der Waals surface area contributed by atoms with E-state index in [0.29, 0.717) is 16.7 Å². The lowest BCUT2D eigenvalue weighted by atomic mass is 9.76. The molecule has 4 amide bonds. The van der Waals surface area contributed by atoms with Gasteiger partial charge in [-0.25, -0.2) is 9.59 Å². The van der Waals surface area contributed by atoms with Crippen LogP contribution < -0.4 is 10.2 Å². The number of anilines is 1. The summed E-state index contributed by atoms with van der Waals surface area (Å²) < 4.78 is 32.9. The maximum absolute atomic E-state index is 15.7. The standard InChI is InChI=1S/C22H25F2N5O4/c1-21(2,3)18-22(23,24)14(7-9-29(18)20(32)33)12-5-6-13-15(11-12)27(4)26-17(13)28-10-8-16(30)25-19(28)31/h5-7,11,18H,8-10H2,1-4H3,(H,32,33)(H,25,30,31). The fourth-order valence-electron chi connectivity index (χ4n) is 4.66. The Balaban J connectivity index is 1.78. The van der Waals surface area contributed by atoms with Gasteiger partial charge in [0.05, 0.1) is 5.52 Å². The van der Waals surface area contributed by atoms with Crippen molar-refractivity contribution in [3.05, 3.63) is 29.8 Å². The number of imide groups is 1. The molecule has 11 heteroatoms. The van der Waals surface area contributed by atoms with E-state index in [1.807, 2.05) is 0 Å². The van der Waals surface area contributed by atoms with Crippen molar-refractivity contribution in [1.82, 2.24) is 20.0 Å². The van der Waals surface area contributed by atoms with E-state index < -0.39 is 29.5 Å². The number of rotatable bonds is 2. The molecule has 1 saturated heterocycles. The van der Waals surface area contributed by atoms with E-state index in [4.69, 9.17) is 0 Å². The van der Waals surface area contributed by atoms with E-state index in [1.54, 1.807) is 40.0 Å². The molecule has 2 aliphatic heterocycles. The number of carbonyl (C=O) groups excluding carboxylic acids is 2. The van der Waals surface area contributed by atoms with Gasteiger partial charge in [0.1, 0.15) is 6.04 Å². The van der Waals surface area contributed by atoms with Crippen molar-refractivity contribution in [1.29, 1.82) is 0 Å². The van der Waals surface area contributed by atoms with E-state index in [2.05, 4.69) is 10.4 Å². The highest BCUT2D eigenvalue weighted by Gasteiger charge is 2.55. The molecule has 33 heavy (non-hydrogen) atoms. The lowest BCUT2D eigenvalue weighted by Crippen LogP contribution is -2.59. The zero-order valence-electron chi connectivity index (χ0n) is 18.7. The zero-order valence-corrected chi connectivity index (χ0v) is 18.7. The molecule has 2 aliphatic rings. The third-order valence-electron chi connectivity index (χ3n) is 6.02. The van der Waals surface area contributed by atoms with Crippen molar-refractivity contribution < 1.29 is 28.3 Å². The Bertz CT molecular complexity index is 1200. The maximum Gasteiger partial charge on any atom is 0.408 e. The van der Waals surface area contributed by atoms with E-state index in [1.165, 1.54) is 21.7 Å². The van der Waals surface area contributed by atoms with Crippen molar-refractivity contribution >= 4 is 40.3 Å². The van der Waals surface area contributed by atoms with E-state index in [9.17, 15) is 19.5 Å². The number of urea groups is 1. The monoisotopic (exact) mass is 461 g/mol. The summed E-state index contributed by atoms with van der Waals surface area (Å²) in [5, 5.41) is 16.7. The van der Waals surface area contributed by atoms with Crippen LogP contribution in [0.1, 0.15) is 32.8 Å². The molecule has 2 N–H and O–H groups in total. The molecule has 9 nitrogen and oxygen atoms in total. The first kappa shape index (κ1) is 22.7. The molecular formula is C22H25F2N5O4. The summed E-state index contributed by atoms with van der Waals surface area (Å²) >= 11 is 0. The van der Waals surface area contributed by atoms with Crippen molar-refractivity contribution in [3.63, 3.8) is 0 Å². The number of aryl methyl sites for hydroxylation is 1. The number of alkyl halides is 2. The van der Waals surface area contributed by atoms with Gasteiger partial charge < -0.3 is 5.11 Å². The van der Waals surface area contributed by atoms with Crippen LogP contribution in [0.5, 0.6) is 0 Å². The second-order valence-electron chi connectivity index (χ2n) is 9.38. The minimum atomic E-state index is -3.43. The summed E-state index contributed by atoms with van der Waals surface area (Å²) in [6.07, 6.45) is -0.0109. The predicted octanol–water partition coefficient (Wildman–Crippen LogP) is 3.45. The molecule has 0 aliphatic carbocycles. The SMILES string of the molecule is Cn1nc(N2CCC(=O)NC2=O)c2ccc(C3=CCN(C(=O)O)C(C(C)(C)C)C3(F)F)cc21. The van der Waals surface area contributed by atoms with Gasteiger partial charge in [-0.2, -0.15) is 13.9 Å². The normalized spacial score (nSPS) is 21.3. The van der Waals surface area contributed by atoms with Crippen LogP contribution in [0.2, 0.25) is 0 Å². The molecule has 1 aromatic carbocycles. The Morgan fingerprint density at radius 3 is 2.58 bits per heavy atom. The van der Waals surface area contributed by atoms with Crippen LogP contribution in [-0.4, -0.2) is 62.9 Å². The number of fused-ring (bicyclic) bond motifs is 1. The van der Waals surface area contributed by atoms with Gasteiger partial charge in [-0.1, -0.05) is 32.9 Å². The Kier molecular flexibility index (Phi) is 5.18. The Morgan fingerprint density at radius 2 is 1.97 bits per heavy atom. The van der Waals surface area contributed by atoms with Crippen LogP contribution in [0.25, 0.3) is 16.5 Å². The minimum absolute atomic E-state index is 0.134. The van der Waals surface area contributed by atoms with Crippen LogP contribution in [0.15, 0.2) is 24.3 Å². The van der Waals surface area contributed by atoms with Crippen LogP contribution in [0, 0.1) is 5.41 Å². The van der Waals surface area contributed by atoms with Gasteiger partial charge in [0.2, 0.25) is 5.91 Å². The second-order valence-corrected chi connectivity index (χ2v) is 9.38. The third kappa shape index (κ3) is 3.70. The topological polar surface area (TPSA) is 108 Å². The van der Waals surface area contributed by atoms with Crippen LogP contribution in [0.4, 0.5) is 24.2 Å². The molecule has 1 fully saturated rings. The quantitative estimate of drug-likeness (QED) is 0.712. The Hall–Kier alpha value is -3.50. The van der Waals surface area contributed by atoms with Gasteiger partial charge in [-0.05, 0) is 23.1 Å². The average molecular weight is 461 g/mol. The molecule has 0 radical (unpaired) electrons. The molecule has 2 aromatic rings. The van der Waals surface area contributed by atoms with Crippen molar-refractivity contribution in [2.24, 2.45) is 12.5 Å². The highest BCUT2D eigenvalue weighted by Crippen LogP contribution is 2.47. The summed E-state index contributed by atoms with van der Waals surface area (Å²) in [5.74, 6) is -3.47. The Morgan fingerprint density at radius 1 is 1.27 bits per heavy atom. The first-order chi connectivity index (χ1) is 15.3. The summed E-state index contributed by atoms with van der Waals surface area (Å²) in [7, 11) is 1.64. The largest absolute Gasteiger partial charge is 0.465 e. The molecule has 4 rings (SSSR count). The van der Waals surface area contributed by atoms with Crippen molar-refractivity contribution in [2.75, 3.05) is 18.0 Å². The van der Waals surface area contributed by atoms with E-state index in [0.717, 1.165) is 4.90 Å². The molecule has 3 heterocycles. The lowest BCUT2D eigenvalue weighted by molar-refractivity contribution is -0.120. The van der Waals surface area contributed by atoms with Crippen LogP contribution in [0.3, 0.4) is 0 Å². The number of nitrogens with zero attached hydrogens (tertiary/aromatic N) is 4. The number of carbonyl (C=O) groups is 3. The molecule has 0 spiro atoms.